The van der Waals surface area contributed by atoms with Crippen LogP contribution in [0.5, 0.6) is 0 Å². The van der Waals surface area contributed by atoms with E-state index in [1.807, 2.05) is 0 Å². The number of hydrogen-bond donors (Lipinski definition) is 0. The molecule has 1 aliphatic carbocycles. The lowest BCUT2D eigenvalue weighted by Gasteiger charge is -2.23. The molecule has 0 saturated heterocycles. The van der Waals surface area contributed by atoms with Gasteiger partial charge in [-0.1, -0.05) is 72.8 Å². The van der Waals surface area contributed by atoms with Crippen LogP contribution in [0, 0.1) is 0 Å². The normalized spacial score (nSPS) is 16.6. The lowest BCUT2D eigenvalue weighted by atomic mass is 9.87. The van der Waals surface area contributed by atoms with Crippen molar-refractivity contribution in [3.8, 4) is 0 Å². The third-order valence-corrected chi connectivity index (χ3v) is 6.88. The highest BCUT2D eigenvalue weighted by atomic mass is 15.0. The third kappa shape index (κ3) is 2.47. The van der Waals surface area contributed by atoms with Crippen LogP contribution in [0.2, 0.25) is 0 Å². The van der Waals surface area contributed by atoms with Gasteiger partial charge in [0.25, 0.3) is 0 Å². The summed E-state index contributed by atoms with van der Waals surface area (Å²) in [7, 11) is 0. The van der Waals surface area contributed by atoms with Crippen LogP contribution in [-0.2, 0) is 0 Å². The van der Waals surface area contributed by atoms with Gasteiger partial charge in [-0.15, -0.1) is 0 Å². The van der Waals surface area contributed by atoms with Gasteiger partial charge in [0.15, 0.2) is 0 Å². The Bertz CT molecular complexity index is 1490. The lowest BCUT2D eigenvalue weighted by molar-refractivity contribution is 0.828. The highest BCUT2D eigenvalue weighted by Gasteiger charge is 2.19. The van der Waals surface area contributed by atoms with Crippen molar-refractivity contribution in [2.24, 2.45) is 0 Å². The highest BCUT2D eigenvalue weighted by molar-refractivity contribution is 6.10. The Kier molecular flexibility index (Phi) is 3.71. The molecule has 0 bridgehead atoms. The SMILES string of the molecule is C(=C1CCC1=Cn1c2ccccc2c2ccccc21)n1c2ccccc2c2ccccc21. The molecular formula is C30H22N2. The molecule has 2 heteroatoms. The Morgan fingerprint density at radius 3 is 0.969 bits per heavy atom. The Morgan fingerprint density at radius 1 is 0.406 bits per heavy atom. The van der Waals surface area contributed by atoms with E-state index in [9.17, 15) is 0 Å². The molecule has 0 aliphatic heterocycles. The van der Waals surface area contributed by atoms with Gasteiger partial charge in [-0.3, -0.25) is 0 Å². The van der Waals surface area contributed by atoms with E-state index in [-0.39, 0.29) is 0 Å². The molecule has 0 N–H and O–H groups in total. The van der Waals surface area contributed by atoms with E-state index >= 15 is 0 Å². The number of fused-ring (bicyclic) bond motifs is 6. The van der Waals surface area contributed by atoms with Gasteiger partial charge in [0.2, 0.25) is 0 Å². The minimum atomic E-state index is 1.11. The number of nitrogens with zero attached hydrogens (tertiary/aromatic N) is 2. The van der Waals surface area contributed by atoms with E-state index in [1.165, 1.54) is 54.8 Å². The molecule has 0 amide bonds. The molecule has 1 aliphatic rings. The van der Waals surface area contributed by atoms with Crippen LogP contribution in [-0.4, -0.2) is 9.13 Å². The van der Waals surface area contributed by atoms with Gasteiger partial charge in [0.1, 0.15) is 0 Å². The molecule has 7 rings (SSSR count). The second-order valence-electron chi connectivity index (χ2n) is 8.62. The van der Waals surface area contributed by atoms with Crippen molar-refractivity contribution in [3.05, 3.63) is 108 Å². The van der Waals surface area contributed by atoms with Crippen molar-refractivity contribution < 1.29 is 0 Å². The molecule has 1 fully saturated rings. The van der Waals surface area contributed by atoms with Crippen LogP contribution >= 0.6 is 0 Å². The maximum absolute atomic E-state index is 2.37. The first-order chi connectivity index (χ1) is 15.9. The molecule has 1 saturated carbocycles. The largest absolute Gasteiger partial charge is 0.316 e. The van der Waals surface area contributed by atoms with E-state index in [1.54, 1.807) is 0 Å². The molecule has 4 aromatic carbocycles. The van der Waals surface area contributed by atoms with Gasteiger partial charge < -0.3 is 9.13 Å². The van der Waals surface area contributed by atoms with Crippen molar-refractivity contribution in [1.29, 1.82) is 0 Å². The number of benzene rings is 4. The quantitative estimate of drug-likeness (QED) is 0.273. The fourth-order valence-corrected chi connectivity index (χ4v) is 5.20. The first kappa shape index (κ1) is 17.6. The number of allylic oxidation sites excluding steroid dienone is 2. The molecule has 0 atom stereocenters. The van der Waals surface area contributed by atoms with Crippen LogP contribution in [0.4, 0.5) is 0 Å². The predicted octanol–water partition coefficient (Wildman–Crippen LogP) is 8.08. The maximum Gasteiger partial charge on any atom is 0.0535 e. The zero-order chi connectivity index (χ0) is 21.1. The fraction of sp³-hybridized carbons (Fsp3) is 0.0667. The molecule has 6 aromatic rings. The second kappa shape index (κ2) is 6.73. The average Bonchev–Trinajstić information content (AvgIpc) is 3.33. The molecule has 32 heavy (non-hydrogen) atoms. The molecule has 0 spiro atoms. The van der Waals surface area contributed by atoms with Gasteiger partial charge in [-0.2, -0.15) is 0 Å². The zero-order valence-corrected chi connectivity index (χ0v) is 17.7. The van der Waals surface area contributed by atoms with Crippen LogP contribution in [0.25, 0.3) is 56.0 Å². The summed E-state index contributed by atoms with van der Waals surface area (Å²) in [6.45, 7) is 0. The maximum atomic E-state index is 2.37. The lowest BCUT2D eigenvalue weighted by Crippen LogP contribution is -2.06. The smallest absolute Gasteiger partial charge is 0.0535 e. The van der Waals surface area contributed by atoms with Gasteiger partial charge >= 0.3 is 0 Å². The second-order valence-corrected chi connectivity index (χ2v) is 8.62. The van der Waals surface area contributed by atoms with E-state index in [2.05, 4.69) is 119 Å². The van der Waals surface area contributed by atoms with Gasteiger partial charge in [-0.25, -0.2) is 0 Å². The fourth-order valence-electron chi connectivity index (χ4n) is 5.20. The molecule has 152 valence electrons. The molecule has 2 nitrogen and oxygen atoms in total. The van der Waals surface area contributed by atoms with E-state index in [0.29, 0.717) is 0 Å². The van der Waals surface area contributed by atoms with E-state index in [4.69, 9.17) is 0 Å². The summed E-state index contributed by atoms with van der Waals surface area (Å²) in [6.07, 6.45) is 6.94. The predicted molar refractivity (Wildman–Crippen MR) is 137 cm³/mol. The number of hydrogen-bond acceptors (Lipinski definition) is 0. The standard InChI is InChI=1S/C30H22N2/c1-5-13-27-23(9-1)24-10-2-6-14-28(24)31(27)19-21-17-18-22(21)20-32-29-15-7-3-11-25(29)26-12-4-8-16-30(26)32/h1-16,19-20H,17-18H2. The number of para-hydroxylation sites is 4. The van der Waals surface area contributed by atoms with Gasteiger partial charge in [0.05, 0.1) is 22.1 Å². The van der Waals surface area contributed by atoms with E-state index in [0.717, 1.165) is 12.8 Å². The summed E-state index contributed by atoms with van der Waals surface area (Å²) in [5.41, 5.74) is 7.90. The molecule has 2 aromatic heterocycles. The topological polar surface area (TPSA) is 9.86 Å². The summed E-state index contributed by atoms with van der Waals surface area (Å²) >= 11 is 0. The number of rotatable bonds is 2. The highest BCUT2D eigenvalue weighted by Crippen LogP contribution is 2.38. The first-order valence-electron chi connectivity index (χ1n) is 11.3. The average molecular weight is 411 g/mol. The van der Waals surface area contributed by atoms with E-state index < -0.39 is 0 Å². The van der Waals surface area contributed by atoms with Crippen molar-refractivity contribution in [1.82, 2.24) is 9.13 Å². The summed E-state index contributed by atoms with van der Waals surface area (Å²) in [4.78, 5) is 0. The minimum Gasteiger partial charge on any atom is -0.316 e. The first-order valence-corrected chi connectivity index (χ1v) is 11.3. The van der Waals surface area contributed by atoms with Crippen LogP contribution in [0.15, 0.2) is 108 Å². The molecule has 0 radical (unpaired) electrons. The summed E-state index contributed by atoms with van der Waals surface area (Å²) in [5.74, 6) is 0. The molecule has 0 unspecified atom stereocenters. The Labute approximate surface area is 186 Å². The van der Waals surface area contributed by atoms with Crippen molar-refractivity contribution in [3.63, 3.8) is 0 Å². The van der Waals surface area contributed by atoms with Crippen LogP contribution < -0.4 is 0 Å². The Balaban J connectivity index is 1.42. The summed E-state index contributed by atoms with van der Waals surface area (Å²) < 4.78 is 4.75. The van der Waals surface area contributed by atoms with Crippen LogP contribution in [0.1, 0.15) is 12.8 Å². The molecule has 2 heterocycles. The summed E-state index contributed by atoms with van der Waals surface area (Å²) in [5, 5.41) is 5.25. The third-order valence-electron chi connectivity index (χ3n) is 6.88. The van der Waals surface area contributed by atoms with Gasteiger partial charge in [0, 0.05) is 33.9 Å². The van der Waals surface area contributed by atoms with Crippen LogP contribution in [0.3, 0.4) is 0 Å². The van der Waals surface area contributed by atoms with Crippen molar-refractivity contribution >= 4 is 56.0 Å². The van der Waals surface area contributed by atoms with Crippen molar-refractivity contribution in [2.75, 3.05) is 0 Å². The monoisotopic (exact) mass is 410 g/mol. The molecular weight excluding hydrogens is 388 g/mol. The Morgan fingerprint density at radius 2 is 0.688 bits per heavy atom. The van der Waals surface area contributed by atoms with Gasteiger partial charge in [-0.05, 0) is 48.3 Å². The van der Waals surface area contributed by atoms with Crippen molar-refractivity contribution in [2.45, 2.75) is 12.8 Å². The minimum absolute atomic E-state index is 1.11. The summed E-state index contributed by atoms with van der Waals surface area (Å²) in [6, 6.07) is 34.8. The number of aromatic nitrogens is 2. The zero-order valence-electron chi connectivity index (χ0n) is 17.7. The Hall–Kier alpha value is -4.04.